The highest BCUT2D eigenvalue weighted by Crippen LogP contribution is 2.34. The zero-order chi connectivity index (χ0) is 17.0. The maximum Gasteiger partial charge on any atom is 0.313 e. The maximum absolute atomic E-state index is 12.4. The van der Waals surface area contributed by atoms with Crippen molar-refractivity contribution in [3.63, 3.8) is 0 Å². The summed E-state index contributed by atoms with van der Waals surface area (Å²) >= 11 is 6.26. The second-order valence-corrected chi connectivity index (χ2v) is 6.48. The number of amides is 1. The first kappa shape index (κ1) is 17.4. The lowest BCUT2D eigenvalue weighted by molar-refractivity contribution is -0.144. The van der Waals surface area contributed by atoms with Crippen molar-refractivity contribution in [3.05, 3.63) is 40.8 Å². The van der Waals surface area contributed by atoms with E-state index in [1.165, 1.54) is 4.90 Å². The van der Waals surface area contributed by atoms with Gasteiger partial charge in [0.05, 0.1) is 17.2 Å². The maximum atomic E-state index is 12.4. The van der Waals surface area contributed by atoms with Crippen molar-refractivity contribution in [2.75, 3.05) is 11.5 Å². The van der Waals surface area contributed by atoms with Crippen molar-refractivity contribution >= 4 is 51.6 Å². The Morgan fingerprint density at radius 1 is 1.30 bits per heavy atom. The van der Waals surface area contributed by atoms with Gasteiger partial charge in [-0.25, -0.2) is 0 Å². The SMILES string of the molecule is CCOC(=O)CC(=O)/C=C1/SC(=S)N(c2ccc(C)cc2)C1=O. The van der Waals surface area contributed by atoms with Gasteiger partial charge in [0.25, 0.3) is 5.91 Å². The lowest BCUT2D eigenvalue weighted by Crippen LogP contribution is -2.27. The number of hydrogen-bond donors (Lipinski definition) is 0. The molecular formula is C16H15NO4S2. The van der Waals surface area contributed by atoms with Gasteiger partial charge in [-0.1, -0.05) is 41.7 Å². The summed E-state index contributed by atoms with van der Waals surface area (Å²) in [7, 11) is 0. The van der Waals surface area contributed by atoms with Crippen LogP contribution in [0.25, 0.3) is 0 Å². The number of aryl methyl sites for hydroxylation is 1. The van der Waals surface area contributed by atoms with Crippen LogP contribution in [0.2, 0.25) is 0 Å². The molecule has 1 fully saturated rings. The summed E-state index contributed by atoms with van der Waals surface area (Å²) in [6.45, 7) is 3.82. The fourth-order valence-electron chi connectivity index (χ4n) is 1.94. The van der Waals surface area contributed by atoms with Crippen LogP contribution in [0.15, 0.2) is 35.2 Å². The molecule has 2 rings (SSSR count). The van der Waals surface area contributed by atoms with Gasteiger partial charge in [0.2, 0.25) is 0 Å². The standard InChI is InChI=1S/C16H15NO4S2/c1-3-21-14(19)9-12(18)8-13-15(20)17(16(22)23-13)11-6-4-10(2)5-7-11/h4-8H,3,9H2,1-2H3/b13-8+. The molecule has 0 N–H and O–H groups in total. The number of hydrogen-bond acceptors (Lipinski definition) is 6. The van der Waals surface area contributed by atoms with Crippen LogP contribution in [0, 0.1) is 6.92 Å². The van der Waals surface area contributed by atoms with Gasteiger partial charge in [-0.3, -0.25) is 19.3 Å². The van der Waals surface area contributed by atoms with Crippen LogP contribution < -0.4 is 4.90 Å². The van der Waals surface area contributed by atoms with E-state index in [4.69, 9.17) is 17.0 Å². The smallest absolute Gasteiger partial charge is 0.313 e. The van der Waals surface area contributed by atoms with Gasteiger partial charge < -0.3 is 4.74 Å². The minimum Gasteiger partial charge on any atom is -0.466 e. The van der Waals surface area contributed by atoms with E-state index in [2.05, 4.69) is 0 Å². The van der Waals surface area contributed by atoms with Crippen molar-refractivity contribution < 1.29 is 19.1 Å². The number of thioether (sulfide) groups is 1. The molecule has 23 heavy (non-hydrogen) atoms. The van der Waals surface area contributed by atoms with E-state index in [9.17, 15) is 14.4 Å². The third-order valence-electron chi connectivity index (χ3n) is 3.00. The third-order valence-corrected chi connectivity index (χ3v) is 4.30. The minimum atomic E-state index is -0.609. The van der Waals surface area contributed by atoms with E-state index in [0.29, 0.717) is 10.0 Å². The number of carbonyl (C=O) groups excluding carboxylic acids is 3. The predicted octanol–water partition coefficient (Wildman–Crippen LogP) is 2.77. The fraction of sp³-hybridized carbons (Fsp3) is 0.250. The molecule has 5 nitrogen and oxygen atoms in total. The van der Waals surface area contributed by atoms with E-state index >= 15 is 0 Å². The molecule has 0 aromatic heterocycles. The summed E-state index contributed by atoms with van der Waals surface area (Å²) in [5.41, 5.74) is 1.72. The highest BCUT2D eigenvalue weighted by Gasteiger charge is 2.33. The molecule has 7 heteroatoms. The van der Waals surface area contributed by atoms with Crippen LogP contribution in [0.1, 0.15) is 18.9 Å². The van der Waals surface area contributed by atoms with Crippen LogP contribution in [0.4, 0.5) is 5.69 Å². The number of ether oxygens (including phenoxy) is 1. The predicted molar refractivity (Wildman–Crippen MR) is 93.2 cm³/mol. The Morgan fingerprint density at radius 3 is 2.57 bits per heavy atom. The van der Waals surface area contributed by atoms with Crippen LogP contribution in [-0.2, 0) is 19.1 Å². The molecule has 1 amide bonds. The fourth-order valence-corrected chi connectivity index (χ4v) is 3.23. The van der Waals surface area contributed by atoms with Crippen molar-refractivity contribution in [1.29, 1.82) is 0 Å². The van der Waals surface area contributed by atoms with Gasteiger partial charge >= 0.3 is 5.97 Å². The highest BCUT2D eigenvalue weighted by atomic mass is 32.2. The molecule has 0 atom stereocenters. The Morgan fingerprint density at radius 2 is 1.96 bits per heavy atom. The first-order valence-electron chi connectivity index (χ1n) is 6.95. The molecule has 1 saturated heterocycles. The molecule has 0 aliphatic carbocycles. The highest BCUT2D eigenvalue weighted by molar-refractivity contribution is 8.27. The number of nitrogens with zero attached hydrogens (tertiary/aromatic N) is 1. The van der Waals surface area contributed by atoms with Gasteiger partial charge in [-0.2, -0.15) is 0 Å². The summed E-state index contributed by atoms with van der Waals surface area (Å²) in [5, 5.41) is 0. The summed E-state index contributed by atoms with van der Waals surface area (Å²) in [6.07, 6.45) is 0.771. The molecule has 1 aliphatic rings. The van der Waals surface area contributed by atoms with E-state index in [0.717, 1.165) is 23.4 Å². The number of allylic oxidation sites excluding steroid dienone is 1. The van der Waals surface area contributed by atoms with Crippen LogP contribution in [0.3, 0.4) is 0 Å². The van der Waals surface area contributed by atoms with Crippen molar-refractivity contribution in [3.8, 4) is 0 Å². The van der Waals surface area contributed by atoms with Crippen molar-refractivity contribution in [1.82, 2.24) is 0 Å². The summed E-state index contributed by atoms with van der Waals surface area (Å²) in [6, 6.07) is 7.35. The van der Waals surface area contributed by atoms with Crippen LogP contribution in [0.5, 0.6) is 0 Å². The quantitative estimate of drug-likeness (QED) is 0.352. The lowest BCUT2D eigenvalue weighted by Gasteiger charge is -2.14. The normalized spacial score (nSPS) is 16.1. The average Bonchev–Trinajstić information content (AvgIpc) is 2.75. The monoisotopic (exact) mass is 349 g/mol. The number of benzene rings is 1. The van der Waals surface area contributed by atoms with E-state index < -0.39 is 11.8 Å². The molecule has 1 heterocycles. The molecule has 0 unspecified atom stereocenters. The Balaban J connectivity index is 2.14. The Hall–Kier alpha value is -1.99. The lowest BCUT2D eigenvalue weighted by atomic mass is 10.2. The number of esters is 1. The first-order chi connectivity index (χ1) is 10.9. The number of ketones is 1. The molecule has 1 aliphatic heterocycles. The van der Waals surface area contributed by atoms with Gasteiger partial charge in [0.1, 0.15) is 6.42 Å². The molecule has 0 bridgehead atoms. The Bertz CT molecular complexity index is 695. The zero-order valence-corrected chi connectivity index (χ0v) is 14.3. The minimum absolute atomic E-state index is 0.210. The summed E-state index contributed by atoms with van der Waals surface area (Å²) < 4.78 is 5.07. The Kier molecular flexibility index (Phi) is 5.68. The van der Waals surface area contributed by atoms with Crippen molar-refractivity contribution in [2.24, 2.45) is 0 Å². The molecule has 0 spiro atoms. The van der Waals surface area contributed by atoms with Gasteiger partial charge in [0.15, 0.2) is 10.1 Å². The summed E-state index contributed by atoms with van der Waals surface area (Å²) in [4.78, 5) is 37.1. The third kappa shape index (κ3) is 4.27. The average molecular weight is 349 g/mol. The van der Waals surface area contributed by atoms with E-state index in [1.807, 2.05) is 19.1 Å². The number of rotatable bonds is 5. The summed E-state index contributed by atoms with van der Waals surface area (Å²) in [5.74, 6) is -1.45. The zero-order valence-electron chi connectivity index (χ0n) is 12.7. The van der Waals surface area contributed by atoms with Crippen molar-refractivity contribution in [2.45, 2.75) is 20.3 Å². The number of anilines is 1. The Labute approximate surface area is 143 Å². The van der Waals surface area contributed by atoms with Gasteiger partial charge in [-0.15, -0.1) is 0 Å². The second kappa shape index (κ2) is 7.52. The van der Waals surface area contributed by atoms with Gasteiger partial charge in [-0.05, 0) is 26.0 Å². The molecule has 1 aromatic rings. The molecular weight excluding hydrogens is 334 g/mol. The second-order valence-electron chi connectivity index (χ2n) is 4.80. The molecule has 0 radical (unpaired) electrons. The van der Waals surface area contributed by atoms with Crippen LogP contribution >= 0.6 is 24.0 Å². The topological polar surface area (TPSA) is 63.7 Å². The van der Waals surface area contributed by atoms with Crippen LogP contribution in [-0.4, -0.2) is 28.6 Å². The number of carbonyl (C=O) groups is 3. The number of thiocarbonyl (C=S) groups is 1. The van der Waals surface area contributed by atoms with Gasteiger partial charge in [0, 0.05) is 6.08 Å². The van der Waals surface area contributed by atoms with E-state index in [1.54, 1.807) is 19.1 Å². The molecule has 120 valence electrons. The molecule has 0 saturated carbocycles. The van der Waals surface area contributed by atoms with E-state index in [-0.39, 0.29) is 23.8 Å². The first-order valence-corrected chi connectivity index (χ1v) is 8.18. The largest absolute Gasteiger partial charge is 0.466 e. The molecule has 1 aromatic carbocycles.